The summed E-state index contributed by atoms with van der Waals surface area (Å²) >= 11 is 3.30. The molecule has 0 unspecified atom stereocenters. The van der Waals surface area contributed by atoms with Gasteiger partial charge >= 0.3 is 5.97 Å². The first-order valence-corrected chi connectivity index (χ1v) is 13.1. The van der Waals surface area contributed by atoms with Gasteiger partial charge in [-0.05, 0) is 18.5 Å². The van der Waals surface area contributed by atoms with Gasteiger partial charge in [0, 0.05) is 32.3 Å². The molecular weight excluding hydrogens is 404 g/mol. The van der Waals surface area contributed by atoms with Crippen molar-refractivity contribution in [2.24, 2.45) is 0 Å². The monoisotopic (exact) mass is 428 g/mol. The van der Waals surface area contributed by atoms with E-state index in [9.17, 15) is 4.79 Å². The summed E-state index contributed by atoms with van der Waals surface area (Å²) in [6.45, 7) is 8.42. The summed E-state index contributed by atoms with van der Waals surface area (Å²) in [6.07, 6.45) is 2.47. The quantitative estimate of drug-likeness (QED) is 0.271. The van der Waals surface area contributed by atoms with Gasteiger partial charge in [-0.3, -0.25) is 5.10 Å². The van der Waals surface area contributed by atoms with Crippen LogP contribution in [0.15, 0.2) is 18.3 Å². The smallest absolute Gasteiger partial charge is 0.356 e. The summed E-state index contributed by atoms with van der Waals surface area (Å²) in [6, 6.07) is 4.63. The maximum absolute atomic E-state index is 11.9. The molecule has 2 aromatic rings. The van der Waals surface area contributed by atoms with Crippen LogP contribution >= 0.6 is 15.9 Å². The molecule has 138 valence electrons. The molecule has 0 atom stereocenters. The van der Waals surface area contributed by atoms with Crippen molar-refractivity contribution in [2.75, 3.05) is 18.5 Å². The van der Waals surface area contributed by atoms with Gasteiger partial charge in [-0.15, -0.1) is 0 Å². The molecule has 0 aromatic carbocycles. The zero-order valence-corrected chi connectivity index (χ0v) is 17.5. The highest BCUT2D eigenvalue weighted by Gasteiger charge is 2.16. The van der Waals surface area contributed by atoms with E-state index in [-0.39, 0.29) is 0 Å². The molecule has 2 heterocycles. The van der Waals surface area contributed by atoms with Gasteiger partial charge < -0.3 is 9.47 Å². The highest BCUT2D eigenvalue weighted by atomic mass is 79.9. The maximum Gasteiger partial charge on any atom is 0.356 e. The number of H-pyrrole nitrogens is 1. The second kappa shape index (κ2) is 9.30. The van der Waals surface area contributed by atoms with Crippen LogP contribution in [0, 0.1) is 0 Å². The highest BCUT2D eigenvalue weighted by molar-refractivity contribution is 9.09. The average molecular weight is 429 g/mol. The maximum atomic E-state index is 11.9. The number of nitrogens with one attached hydrogen (secondary N) is 1. The van der Waals surface area contributed by atoms with Gasteiger partial charge in [0.05, 0.1) is 12.3 Å². The predicted octanol–water partition coefficient (Wildman–Crippen LogP) is 3.53. The largest absolute Gasteiger partial charge is 0.461 e. The number of aromatic nitrogens is 4. The van der Waals surface area contributed by atoms with Crippen LogP contribution in [0.1, 0.15) is 16.9 Å². The Kier molecular flexibility index (Phi) is 7.39. The van der Waals surface area contributed by atoms with Crippen molar-refractivity contribution in [2.45, 2.75) is 38.8 Å². The Balaban J connectivity index is 1.94. The van der Waals surface area contributed by atoms with E-state index in [2.05, 4.69) is 50.9 Å². The fraction of sp³-hybridized carbons (Fsp3) is 0.562. The van der Waals surface area contributed by atoms with E-state index >= 15 is 0 Å². The van der Waals surface area contributed by atoms with E-state index in [4.69, 9.17) is 9.47 Å². The molecule has 2 aromatic heterocycles. The van der Waals surface area contributed by atoms with Crippen molar-refractivity contribution >= 4 is 30.0 Å². The molecule has 0 aliphatic carbocycles. The van der Waals surface area contributed by atoms with Crippen LogP contribution in [0.25, 0.3) is 11.4 Å². The molecule has 7 nitrogen and oxygen atoms in total. The molecule has 0 aliphatic rings. The topological polar surface area (TPSA) is 82.0 Å². The van der Waals surface area contributed by atoms with Crippen LogP contribution in [0.4, 0.5) is 0 Å². The molecule has 9 heteroatoms. The van der Waals surface area contributed by atoms with Crippen molar-refractivity contribution in [1.29, 1.82) is 0 Å². The molecule has 0 bridgehead atoms. The second-order valence-electron chi connectivity index (χ2n) is 6.91. The molecule has 0 saturated heterocycles. The molecule has 0 aliphatic heterocycles. The number of ether oxygens (including phenoxy) is 2. The third kappa shape index (κ3) is 6.41. The van der Waals surface area contributed by atoms with Crippen molar-refractivity contribution in [3.8, 4) is 11.4 Å². The van der Waals surface area contributed by atoms with Crippen molar-refractivity contribution in [1.82, 2.24) is 20.0 Å². The van der Waals surface area contributed by atoms with Crippen LogP contribution in [-0.4, -0.2) is 52.6 Å². The van der Waals surface area contributed by atoms with E-state index in [1.807, 2.05) is 6.07 Å². The minimum absolute atomic E-state index is 0.331. The number of hydrogen-bond donors (Lipinski definition) is 1. The molecule has 0 fully saturated rings. The van der Waals surface area contributed by atoms with Crippen LogP contribution < -0.4 is 0 Å². The number of rotatable bonds is 10. The Morgan fingerprint density at radius 3 is 2.88 bits per heavy atom. The first-order chi connectivity index (χ1) is 11.9. The molecule has 1 N–H and O–H groups in total. The number of carbonyl (C=O) groups excluding carboxylic acids is 1. The number of esters is 1. The average Bonchev–Trinajstić information content (AvgIpc) is 3.19. The summed E-state index contributed by atoms with van der Waals surface area (Å²) in [4.78, 5) is 11.9. The lowest BCUT2D eigenvalue weighted by Crippen LogP contribution is -2.22. The fourth-order valence-corrected chi connectivity index (χ4v) is 3.02. The van der Waals surface area contributed by atoms with E-state index in [0.29, 0.717) is 24.7 Å². The Labute approximate surface area is 157 Å². The number of aromatic amines is 1. The van der Waals surface area contributed by atoms with Gasteiger partial charge in [0.2, 0.25) is 0 Å². The number of alkyl halides is 1. The number of nitrogens with zero attached hydrogens (tertiary/aromatic N) is 3. The number of halogens is 1. The Morgan fingerprint density at radius 1 is 1.36 bits per heavy atom. The first kappa shape index (κ1) is 19.9. The standard InChI is InChI=1S/C16H25BrN4O3Si/c1-25(2,3)10-9-23-12-21-15(5-7-18-21)13-11-14(20-19-13)16(22)24-8-4-6-17/h5,7,11H,4,6,8-10,12H2,1-3H3,(H,19,20). The minimum atomic E-state index is -1.11. The second-order valence-corrected chi connectivity index (χ2v) is 13.3. The first-order valence-electron chi connectivity index (χ1n) is 8.29. The van der Waals surface area contributed by atoms with E-state index in [0.717, 1.165) is 30.1 Å². The lowest BCUT2D eigenvalue weighted by atomic mass is 10.3. The fourth-order valence-electron chi connectivity index (χ4n) is 2.04. The van der Waals surface area contributed by atoms with Gasteiger partial charge in [-0.25, -0.2) is 9.48 Å². The van der Waals surface area contributed by atoms with Crippen molar-refractivity contribution in [3.05, 3.63) is 24.0 Å². The molecule has 25 heavy (non-hydrogen) atoms. The lowest BCUT2D eigenvalue weighted by molar-refractivity contribution is 0.0499. The summed E-state index contributed by atoms with van der Waals surface area (Å²) in [7, 11) is -1.11. The van der Waals surface area contributed by atoms with Crippen molar-refractivity contribution < 1.29 is 14.3 Å². The summed E-state index contributed by atoms with van der Waals surface area (Å²) < 4.78 is 12.6. The minimum Gasteiger partial charge on any atom is -0.461 e. The molecular formula is C16H25BrN4O3Si. The summed E-state index contributed by atoms with van der Waals surface area (Å²) in [5.74, 6) is -0.405. The Hall–Kier alpha value is -1.45. The van der Waals surface area contributed by atoms with Crippen molar-refractivity contribution in [3.63, 3.8) is 0 Å². The SMILES string of the molecule is C[Si](C)(C)CCOCn1nccc1-c1cc(C(=O)OCCCBr)[nH]n1. The van der Waals surface area contributed by atoms with Gasteiger partial charge in [-0.1, -0.05) is 35.6 Å². The van der Waals surface area contributed by atoms with Crippen LogP contribution in [0.5, 0.6) is 0 Å². The summed E-state index contributed by atoms with van der Waals surface area (Å²) in [5, 5.41) is 12.0. The van der Waals surface area contributed by atoms with Crippen LogP contribution in [0.2, 0.25) is 25.7 Å². The zero-order chi connectivity index (χ0) is 18.3. The third-order valence-electron chi connectivity index (χ3n) is 3.50. The van der Waals surface area contributed by atoms with E-state index in [1.165, 1.54) is 0 Å². The van der Waals surface area contributed by atoms with Gasteiger partial charge in [0.1, 0.15) is 18.1 Å². The zero-order valence-electron chi connectivity index (χ0n) is 14.9. The molecule has 0 radical (unpaired) electrons. The molecule has 0 spiro atoms. The summed E-state index contributed by atoms with van der Waals surface area (Å²) in [5.41, 5.74) is 1.76. The number of hydrogen-bond acceptors (Lipinski definition) is 5. The van der Waals surface area contributed by atoms with Gasteiger partial charge in [0.25, 0.3) is 0 Å². The van der Waals surface area contributed by atoms with E-state index in [1.54, 1.807) is 16.9 Å². The van der Waals surface area contributed by atoms with Gasteiger partial charge in [-0.2, -0.15) is 10.2 Å². The molecule has 2 rings (SSSR count). The normalized spacial score (nSPS) is 11.7. The molecule has 0 saturated carbocycles. The number of carbonyl (C=O) groups is 1. The van der Waals surface area contributed by atoms with Crippen LogP contribution in [0.3, 0.4) is 0 Å². The highest BCUT2D eigenvalue weighted by Crippen LogP contribution is 2.18. The predicted molar refractivity (Wildman–Crippen MR) is 103 cm³/mol. The van der Waals surface area contributed by atoms with Crippen LogP contribution in [-0.2, 0) is 16.2 Å². The third-order valence-corrected chi connectivity index (χ3v) is 5.76. The Morgan fingerprint density at radius 2 is 2.16 bits per heavy atom. The van der Waals surface area contributed by atoms with E-state index < -0.39 is 14.0 Å². The van der Waals surface area contributed by atoms with Gasteiger partial charge in [0.15, 0.2) is 0 Å². The lowest BCUT2D eigenvalue weighted by Gasteiger charge is -2.15. The Bertz CT molecular complexity index is 681. The molecule has 0 amide bonds.